The number of nitrogen functional groups attached to an aromatic ring is 1. The van der Waals surface area contributed by atoms with Crippen molar-refractivity contribution in [1.29, 1.82) is 0 Å². The van der Waals surface area contributed by atoms with E-state index in [0.29, 0.717) is 12.2 Å². The monoisotopic (exact) mass is 292 g/mol. The van der Waals surface area contributed by atoms with E-state index in [0.717, 1.165) is 25.1 Å². The fourth-order valence-corrected chi connectivity index (χ4v) is 2.27. The first-order valence-electron chi connectivity index (χ1n) is 7.33. The summed E-state index contributed by atoms with van der Waals surface area (Å²) < 4.78 is 11.3. The van der Waals surface area contributed by atoms with Gasteiger partial charge in [-0.1, -0.05) is 0 Å². The van der Waals surface area contributed by atoms with Crippen molar-refractivity contribution in [2.75, 3.05) is 18.8 Å². The first kappa shape index (κ1) is 15.5. The number of likely N-dealkylation sites (tertiary alicyclic amines) is 1. The van der Waals surface area contributed by atoms with Crippen molar-refractivity contribution >= 4 is 11.8 Å². The standard InChI is InChI=1S/C16H24N2O3/c1-16(2,3)21-15(19)18-10-4-5-14(11-18)20-13-8-6-12(17)7-9-13/h6-9,14H,4-5,10-11,17H2,1-3H3/t14-/m0/s1. The molecule has 1 aromatic carbocycles. The molecule has 1 aliphatic rings. The van der Waals surface area contributed by atoms with Gasteiger partial charge in [0.1, 0.15) is 17.5 Å². The molecule has 2 rings (SSSR count). The minimum absolute atomic E-state index is 0.00473. The Hall–Kier alpha value is -1.91. The van der Waals surface area contributed by atoms with Crippen LogP contribution in [0.4, 0.5) is 10.5 Å². The van der Waals surface area contributed by atoms with Gasteiger partial charge in [-0.2, -0.15) is 0 Å². The summed E-state index contributed by atoms with van der Waals surface area (Å²) in [5.74, 6) is 0.778. The Morgan fingerprint density at radius 3 is 2.57 bits per heavy atom. The topological polar surface area (TPSA) is 64.8 Å². The van der Waals surface area contributed by atoms with E-state index in [9.17, 15) is 4.79 Å². The van der Waals surface area contributed by atoms with Crippen LogP contribution in [0.5, 0.6) is 5.75 Å². The molecule has 0 spiro atoms. The number of ether oxygens (including phenoxy) is 2. The molecular weight excluding hydrogens is 268 g/mol. The Morgan fingerprint density at radius 2 is 1.95 bits per heavy atom. The van der Waals surface area contributed by atoms with Crippen molar-refractivity contribution in [2.24, 2.45) is 0 Å². The predicted octanol–water partition coefficient (Wildman–Crippen LogP) is 3.05. The number of hydrogen-bond donors (Lipinski definition) is 1. The number of nitrogens with two attached hydrogens (primary N) is 1. The second-order valence-corrected chi connectivity index (χ2v) is 6.38. The van der Waals surface area contributed by atoms with Crippen molar-refractivity contribution in [3.63, 3.8) is 0 Å². The smallest absolute Gasteiger partial charge is 0.410 e. The first-order chi connectivity index (χ1) is 9.83. The molecule has 1 aromatic rings. The Balaban J connectivity index is 1.91. The van der Waals surface area contributed by atoms with Gasteiger partial charge in [-0.15, -0.1) is 0 Å². The van der Waals surface area contributed by atoms with E-state index in [1.165, 1.54) is 0 Å². The zero-order valence-electron chi connectivity index (χ0n) is 13.0. The highest BCUT2D eigenvalue weighted by atomic mass is 16.6. The molecule has 1 heterocycles. The molecule has 1 aliphatic heterocycles. The van der Waals surface area contributed by atoms with Crippen LogP contribution in [-0.2, 0) is 4.74 Å². The van der Waals surface area contributed by atoms with Crippen LogP contribution in [0.25, 0.3) is 0 Å². The van der Waals surface area contributed by atoms with Gasteiger partial charge in [0, 0.05) is 12.2 Å². The lowest BCUT2D eigenvalue weighted by Crippen LogP contribution is -2.46. The van der Waals surface area contributed by atoms with E-state index in [4.69, 9.17) is 15.2 Å². The molecule has 0 bridgehead atoms. The van der Waals surface area contributed by atoms with Gasteiger partial charge in [0.15, 0.2) is 0 Å². The molecule has 1 fully saturated rings. The Morgan fingerprint density at radius 1 is 1.29 bits per heavy atom. The Labute approximate surface area is 126 Å². The van der Waals surface area contributed by atoms with Crippen LogP contribution in [0.1, 0.15) is 33.6 Å². The number of piperidine rings is 1. The minimum Gasteiger partial charge on any atom is -0.489 e. The zero-order chi connectivity index (χ0) is 15.5. The maximum atomic E-state index is 12.1. The van der Waals surface area contributed by atoms with Gasteiger partial charge in [0.2, 0.25) is 0 Å². The molecule has 0 aromatic heterocycles. The molecule has 5 nitrogen and oxygen atoms in total. The maximum absolute atomic E-state index is 12.1. The average Bonchev–Trinajstić information content (AvgIpc) is 2.40. The van der Waals surface area contributed by atoms with Gasteiger partial charge in [0.05, 0.1) is 6.54 Å². The van der Waals surface area contributed by atoms with Crippen molar-refractivity contribution in [3.8, 4) is 5.75 Å². The van der Waals surface area contributed by atoms with Gasteiger partial charge >= 0.3 is 6.09 Å². The first-order valence-corrected chi connectivity index (χ1v) is 7.33. The molecular formula is C16H24N2O3. The second kappa shape index (κ2) is 6.24. The summed E-state index contributed by atoms with van der Waals surface area (Å²) in [6.07, 6.45) is 1.57. The van der Waals surface area contributed by atoms with Crippen LogP contribution in [0, 0.1) is 0 Å². The highest BCUT2D eigenvalue weighted by Gasteiger charge is 2.28. The number of benzene rings is 1. The number of carbonyl (C=O) groups is 1. The number of nitrogens with zero attached hydrogens (tertiary/aromatic N) is 1. The summed E-state index contributed by atoms with van der Waals surface area (Å²) in [7, 11) is 0. The zero-order valence-corrected chi connectivity index (χ0v) is 13.0. The summed E-state index contributed by atoms with van der Waals surface area (Å²) in [5.41, 5.74) is 5.89. The summed E-state index contributed by atoms with van der Waals surface area (Å²) in [6, 6.07) is 7.32. The largest absolute Gasteiger partial charge is 0.489 e. The molecule has 21 heavy (non-hydrogen) atoms. The molecule has 0 unspecified atom stereocenters. The van der Waals surface area contributed by atoms with Gasteiger partial charge in [-0.25, -0.2) is 4.79 Å². The molecule has 0 saturated carbocycles. The summed E-state index contributed by atoms with van der Waals surface area (Å²) >= 11 is 0. The van der Waals surface area contributed by atoms with Gasteiger partial charge in [-0.05, 0) is 57.9 Å². The second-order valence-electron chi connectivity index (χ2n) is 6.38. The van der Waals surface area contributed by atoms with E-state index in [1.807, 2.05) is 45.0 Å². The Bertz CT molecular complexity index is 479. The number of anilines is 1. The number of amides is 1. The van der Waals surface area contributed by atoms with Gasteiger partial charge in [-0.3, -0.25) is 0 Å². The van der Waals surface area contributed by atoms with Crippen LogP contribution in [0.2, 0.25) is 0 Å². The quantitative estimate of drug-likeness (QED) is 0.851. The summed E-state index contributed by atoms with van der Waals surface area (Å²) in [6.45, 7) is 6.89. The molecule has 1 amide bonds. The molecule has 0 radical (unpaired) electrons. The normalized spacial score (nSPS) is 19.2. The number of carbonyl (C=O) groups excluding carboxylic acids is 1. The lowest BCUT2D eigenvalue weighted by molar-refractivity contribution is 0.00776. The molecule has 2 N–H and O–H groups in total. The van der Waals surface area contributed by atoms with Crippen LogP contribution >= 0.6 is 0 Å². The summed E-state index contributed by atoms with van der Waals surface area (Å²) in [4.78, 5) is 13.8. The lowest BCUT2D eigenvalue weighted by Gasteiger charge is -2.34. The molecule has 116 valence electrons. The van der Waals surface area contributed by atoms with Gasteiger partial charge in [0.25, 0.3) is 0 Å². The van der Waals surface area contributed by atoms with Crippen LogP contribution in [0.3, 0.4) is 0 Å². The minimum atomic E-state index is -0.470. The van der Waals surface area contributed by atoms with E-state index in [-0.39, 0.29) is 12.2 Å². The van der Waals surface area contributed by atoms with Crippen LogP contribution in [-0.4, -0.2) is 35.8 Å². The third-order valence-electron chi connectivity index (χ3n) is 3.21. The van der Waals surface area contributed by atoms with E-state index >= 15 is 0 Å². The van der Waals surface area contributed by atoms with Crippen LogP contribution in [0.15, 0.2) is 24.3 Å². The third kappa shape index (κ3) is 4.85. The highest BCUT2D eigenvalue weighted by Crippen LogP contribution is 2.21. The molecule has 1 atom stereocenters. The fraction of sp³-hybridized carbons (Fsp3) is 0.562. The molecule has 5 heteroatoms. The van der Waals surface area contributed by atoms with Gasteiger partial charge < -0.3 is 20.1 Å². The van der Waals surface area contributed by atoms with E-state index in [2.05, 4.69) is 0 Å². The average molecular weight is 292 g/mol. The van der Waals surface area contributed by atoms with E-state index in [1.54, 1.807) is 4.90 Å². The van der Waals surface area contributed by atoms with E-state index < -0.39 is 5.60 Å². The maximum Gasteiger partial charge on any atom is 0.410 e. The van der Waals surface area contributed by atoms with Crippen molar-refractivity contribution in [3.05, 3.63) is 24.3 Å². The fourth-order valence-electron chi connectivity index (χ4n) is 2.27. The Kier molecular flexibility index (Phi) is 4.60. The predicted molar refractivity (Wildman–Crippen MR) is 82.3 cm³/mol. The van der Waals surface area contributed by atoms with Crippen LogP contribution < -0.4 is 10.5 Å². The summed E-state index contributed by atoms with van der Waals surface area (Å²) in [5, 5.41) is 0. The number of rotatable bonds is 2. The third-order valence-corrected chi connectivity index (χ3v) is 3.21. The lowest BCUT2D eigenvalue weighted by atomic mass is 10.1. The highest BCUT2D eigenvalue weighted by molar-refractivity contribution is 5.68. The molecule has 1 saturated heterocycles. The number of hydrogen-bond acceptors (Lipinski definition) is 4. The molecule has 0 aliphatic carbocycles. The van der Waals surface area contributed by atoms with Crippen molar-refractivity contribution < 1.29 is 14.3 Å². The van der Waals surface area contributed by atoms with Crippen molar-refractivity contribution in [1.82, 2.24) is 4.90 Å². The SMILES string of the molecule is CC(C)(C)OC(=O)N1CCC[C@H](Oc2ccc(N)cc2)C1. The van der Waals surface area contributed by atoms with Crippen molar-refractivity contribution in [2.45, 2.75) is 45.3 Å².